The van der Waals surface area contributed by atoms with Gasteiger partial charge in [0.25, 0.3) is 5.91 Å². The maximum absolute atomic E-state index is 13.1. The van der Waals surface area contributed by atoms with Crippen LogP contribution in [0.3, 0.4) is 0 Å². The van der Waals surface area contributed by atoms with Gasteiger partial charge in [0, 0.05) is 26.4 Å². The van der Waals surface area contributed by atoms with Crippen molar-refractivity contribution in [2.24, 2.45) is 7.05 Å². The molecule has 1 unspecified atom stereocenters. The summed E-state index contributed by atoms with van der Waals surface area (Å²) in [6, 6.07) is 6.33. The average molecular weight is 443 g/mol. The highest BCUT2D eigenvalue weighted by Gasteiger charge is 2.35. The molecule has 0 bridgehead atoms. The van der Waals surface area contributed by atoms with Gasteiger partial charge in [-0.3, -0.25) is 14.3 Å². The van der Waals surface area contributed by atoms with Gasteiger partial charge in [-0.05, 0) is 24.3 Å². The van der Waals surface area contributed by atoms with Crippen LogP contribution in [0.1, 0.15) is 16.1 Å². The minimum atomic E-state index is -4.69. The van der Waals surface area contributed by atoms with E-state index in [1.165, 1.54) is 42.0 Å². The second-order valence-electron chi connectivity index (χ2n) is 5.97. The molecule has 152 valence electrons. The predicted octanol–water partition coefficient (Wildman–Crippen LogP) is 3.93. The van der Waals surface area contributed by atoms with Gasteiger partial charge in [0.1, 0.15) is 5.69 Å². The standard InChI is InChI=1S/C18H14ClF3N4O2S/c1-25(11-4-3-7-23-9-11)16(27)15-10-24-17(26(15)2)29(28)12-5-6-14(19)13(8-12)18(20,21)22/h3-10H,1-2H3. The summed E-state index contributed by atoms with van der Waals surface area (Å²) < 4.78 is 53.3. The van der Waals surface area contributed by atoms with E-state index in [-0.39, 0.29) is 15.7 Å². The van der Waals surface area contributed by atoms with Gasteiger partial charge in [0.15, 0.2) is 4.90 Å². The third-order valence-corrected chi connectivity index (χ3v) is 5.85. The number of imidazole rings is 1. The third-order valence-electron chi connectivity index (χ3n) is 4.13. The number of hydrogen-bond acceptors (Lipinski definition) is 4. The van der Waals surface area contributed by atoms with Crippen molar-refractivity contribution in [1.29, 1.82) is 0 Å². The van der Waals surface area contributed by atoms with Crippen LogP contribution in [-0.2, 0) is 24.4 Å². The van der Waals surface area contributed by atoms with Crippen molar-refractivity contribution in [1.82, 2.24) is 14.5 Å². The molecule has 3 aromatic rings. The molecular formula is C18H14ClF3N4O2S. The smallest absolute Gasteiger partial charge is 0.418 e. The first-order valence-corrected chi connectivity index (χ1v) is 9.62. The van der Waals surface area contributed by atoms with E-state index in [1.54, 1.807) is 18.3 Å². The number of hydrogen-bond donors (Lipinski definition) is 0. The van der Waals surface area contributed by atoms with Gasteiger partial charge in [-0.25, -0.2) is 0 Å². The molecule has 0 spiro atoms. The van der Waals surface area contributed by atoms with Crippen LogP contribution in [0.4, 0.5) is 18.9 Å². The van der Waals surface area contributed by atoms with Crippen molar-refractivity contribution in [3.05, 3.63) is 65.2 Å². The normalized spacial score (nSPS) is 12.7. The highest BCUT2D eigenvalue weighted by atomic mass is 35.5. The number of rotatable bonds is 4. The number of carbonyl (C=O) groups is 1. The Morgan fingerprint density at radius 1 is 1.28 bits per heavy atom. The van der Waals surface area contributed by atoms with Crippen LogP contribution in [0, 0.1) is 0 Å². The number of carbonyl (C=O) groups excluding carboxylic acids is 1. The van der Waals surface area contributed by atoms with E-state index in [2.05, 4.69) is 9.97 Å². The van der Waals surface area contributed by atoms with Crippen molar-refractivity contribution in [2.45, 2.75) is 16.2 Å². The van der Waals surface area contributed by atoms with E-state index in [4.69, 9.17) is 11.6 Å². The second kappa shape index (κ2) is 8.05. The zero-order valence-corrected chi connectivity index (χ0v) is 16.7. The number of benzene rings is 1. The maximum atomic E-state index is 13.1. The zero-order valence-electron chi connectivity index (χ0n) is 15.1. The lowest BCUT2D eigenvalue weighted by molar-refractivity contribution is -0.137. The number of nitrogens with zero attached hydrogens (tertiary/aromatic N) is 4. The Labute approximate surface area is 172 Å². The highest BCUT2D eigenvalue weighted by Crippen LogP contribution is 2.36. The minimum absolute atomic E-state index is 0.0663. The predicted molar refractivity (Wildman–Crippen MR) is 101 cm³/mol. The lowest BCUT2D eigenvalue weighted by Gasteiger charge is -2.17. The van der Waals surface area contributed by atoms with E-state index in [0.29, 0.717) is 5.69 Å². The van der Waals surface area contributed by atoms with Crippen LogP contribution in [-0.4, -0.2) is 32.0 Å². The van der Waals surface area contributed by atoms with Gasteiger partial charge >= 0.3 is 11.3 Å². The fraction of sp³-hybridized carbons (Fsp3) is 0.167. The van der Waals surface area contributed by atoms with Crippen molar-refractivity contribution in [2.75, 3.05) is 11.9 Å². The van der Waals surface area contributed by atoms with Crippen molar-refractivity contribution in [3.63, 3.8) is 0 Å². The Morgan fingerprint density at radius 3 is 2.62 bits per heavy atom. The molecule has 0 radical (unpaired) electrons. The van der Waals surface area contributed by atoms with E-state index >= 15 is 0 Å². The van der Waals surface area contributed by atoms with Gasteiger partial charge in [0.05, 0.1) is 39.8 Å². The molecule has 11 heteroatoms. The summed E-state index contributed by atoms with van der Waals surface area (Å²) in [6.07, 6.45) is -0.399. The highest BCUT2D eigenvalue weighted by molar-refractivity contribution is 7.91. The van der Waals surface area contributed by atoms with Gasteiger partial charge in [0.2, 0.25) is 0 Å². The molecular weight excluding hydrogens is 429 g/mol. The molecule has 0 aliphatic rings. The van der Waals surface area contributed by atoms with Crippen molar-refractivity contribution < 1.29 is 22.5 Å². The topological polar surface area (TPSA) is 74.1 Å². The van der Waals surface area contributed by atoms with Crippen LogP contribution in [0.2, 0.25) is 5.02 Å². The SMILES string of the molecule is CN(C(=O)c1cnc([S+]([O-])c2ccc(Cl)c(C(F)(F)F)c2)n1C)c1cccnc1. The molecule has 2 aromatic heterocycles. The fourth-order valence-electron chi connectivity index (χ4n) is 2.55. The number of amides is 1. The Hall–Kier alpha value is -2.56. The summed E-state index contributed by atoms with van der Waals surface area (Å²) in [5.74, 6) is -0.441. The largest absolute Gasteiger partial charge is 0.604 e. The molecule has 1 atom stereocenters. The number of anilines is 1. The summed E-state index contributed by atoms with van der Waals surface area (Å²) in [6.45, 7) is 0. The number of pyridine rings is 1. The molecule has 1 aromatic carbocycles. The molecule has 0 saturated carbocycles. The zero-order chi connectivity index (χ0) is 21.3. The van der Waals surface area contributed by atoms with E-state index < -0.39 is 33.8 Å². The van der Waals surface area contributed by atoms with Gasteiger partial charge in [-0.2, -0.15) is 18.2 Å². The minimum Gasteiger partial charge on any atom is -0.604 e. The summed E-state index contributed by atoms with van der Waals surface area (Å²) >= 11 is 3.55. The molecule has 0 N–H and O–H groups in total. The Morgan fingerprint density at radius 2 is 2.00 bits per heavy atom. The molecule has 2 heterocycles. The Balaban J connectivity index is 1.92. The van der Waals surface area contributed by atoms with Crippen molar-refractivity contribution in [3.8, 4) is 0 Å². The third kappa shape index (κ3) is 4.24. The first kappa shape index (κ1) is 21.2. The maximum Gasteiger partial charge on any atom is 0.418 e. The molecule has 6 nitrogen and oxygen atoms in total. The molecule has 1 amide bonds. The number of alkyl halides is 3. The van der Waals surface area contributed by atoms with E-state index in [0.717, 1.165) is 12.1 Å². The van der Waals surface area contributed by atoms with Gasteiger partial charge in [-0.15, -0.1) is 0 Å². The molecule has 0 fully saturated rings. The Bertz CT molecular complexity index is 1040. The molecule has 0 aliphatic carbocycles. The van der Waals surface area contributed by atoms with Crippen LogP contribution in [0.25, 0.3) is 0 Å². The fourth-order valence-corrected chi connectivity index (χ4v) is 3.89. The molecule has 0 aliphatic heterocycles. The van der Waals surface area contributed by atoms with E-state index in [9.17, 15) is 22.5 Å². The van der Waals surface area contributed by atoms with Crippen LogP contribution < -0.4 is 4.90 Å². The lowest BCUT2D eigenvalue weighted by Crippen LogP contribution is -2.28. The van der Waals surface area contributed by atoms with Crippen LogP contribution in [0.15, 0.2) is 59.0 Å². The summed E-state index contributed by atoms with van der Waals surface area (Å²) in [4.78, 5) is 21.9. The first-order valence-electron chi connectivity index (χ1n) is 8.09. The lowest BCUT2D eigenvalue weighted by atomic mass is 10.2. The van der Waals surface area contributed by atoms with Gasteiger partial charge < -0.3 is 9.45 Å². The monoisotopic (exact) mass is 442 g/mol. The summed E-state index contributed by atoms with van der Waals surface area (Å²) in [7, 11) is 3.00. The summed E-state index contributed by atoms with van der Waals surface area (Å²) in [5.41, 5.74) is -0.439. The van der Waals surface area contributed by atoms with Crippen LogP contribution in [0.5, 0.6) is 0 Å². The van der Waals surface area contributed by atoms with E-state index in [1.807, 2.05) is 0 Å². The number of aromatic nitrogens is 3. The summed E-state index contributed by atoms with van der Waals surface area (Å²) in [5, 5.41) is -0.560. The van der Waals surface area contributed by atoms with Gasteiger partial charge in [-0.1, -0.05) is 11.6 Å². The molecule has 3 rings (SSSR count). The first-order chi connectivity index (χ1) is 13.6. The van der Waals surface area contributed by atoms with Crippen LogP contribution >= 0.6 is 11.6 Å². The quantitative estimate of drug-likeness (QED) is 0.574. The molecule has 29 heavy (non-hydrogen) atoms. The number of halogens is 4. The van der Waals surface area contributed by atoms with Crippen molar-refractivity contribution >= 4 is 34.4 Å². The second-order valence-corrected chi connectivity index (χ2v) is 7.75. The Kier molecular flexibility index (Phi) is 5.87. The molecule has 0 saturated heterocycles. The average Bonchev–Trinajstić information content (AvgIpc) is 3.07.